The predicted octanol–water partition coefficient (Wildman–Crippen LogP) is 3.72. The molecule has 1 amide bonds. The lowest BCUT2D eigenvalue weighted by Gasteiger charge is -2.06. The van der Waals surface area contributed by atoms with E-state index in [1.54, 1.807) is 25.1 Å². The third-order valence-electron chi connectivity index (χ3n) is 3.51. The van der Waals surface area contributed by atoms with Gasteiger partial charge in [-0.2, -0.15) is 0 Å². The summed E-state index contributed by atoms with van der Waals surface area (Å²) in [6.45, 7) is 2.01. The first-order valence-electron chi connectivity index (χ1n) is 7.20. The molecule has 1 aromatic heterocycles. The molecule has 0 spiro atoms. The molecule has 23 heavy (non-hydrogen) atoms. The number of hydrogen-bond donors (Lipinski definition) is 1. The highest BCUT2D eigenvalue weighted by molar-refractivity contribution is 6.00. The maximum Gasteiger partial charge on any atom is 0.257 e. The molecular formula is C18H15FN2O2. The third-order valence-corrected chi connectivity index (χ3v) is 3.51. The Labute approximate surface area is 132 Å². The summed E-state index contributed by atoms with van der Waals surface area (Å²) in [4.78, 5) is 12.5. The normalized spacial score (nSPS) is 10.5. The third kappa shape index (κ3) is 3.13. The summed E-state index contributed by atoms with van der Waals surface area (Å²) in [5, 5.41) is 6.66. The first-order valence-corrected chi connectivity index (χ1v) is 7.20. The molecule has 0 aliphatic carbocycles. The molecule has 2 aromatic carbocycles. The standard InChI is InChI=1S/C18H15FN2O2/c1-12-16(18(22)20-11-13-7-3-2-4-8-13)17(21-23-12)14-9-5-6-10-15(14)19/h2-10H,11H2,1H3,(H,20,22). The molecule has 0 bridgehead atoms. The van der Waals surface area contributed by atoms with Crippen molar-refractivity contribution < 1.29 is 13.7 Å². The van der Waals surface area contributed by atoms with Crippen molar-refractivity contribution in [3.63, 3.8) is 0 Å². The van der Waals surface area contributed by atoms with Crippen molar-refractivity contribution in [1.29, 1.82) is 0 Å². The van der Waals surface area contributed by atoms with E-state index in [4.69, 9.17) is 4.52 Å². The predicted molar refractivity (Wildman–Crippen MR) is 84.2 cm³/mol. The zero-order valence-corrected chi connectivity index (χ0v) is 12.5. The van der Waals surface area contributed by atoms with Crippen molar-refractivity contribution in [2.45, 2.75) is 13.5 Å². The first-order chi connectivity index (χ1) is 11.2. The van der Waals surface area contributed by atoms with Crippen molar-refractivity contribution >= 4 is 5.91 Å². The van der Waals surface area contributed by atoms with Gasteiger partial charge in [0.1, 0.15) is 22.8 Å². The number of carbonyl (C=O) groups is 1. The fourth-order valence-corrected chi connectivity index (χ4v) is 2.34. The van der Waals surface area contributed by atoms with Crippen molar-refractivity contribution in [2.75, 3.05) is 0 Å². The second-order valence-corrected chi connectivity index (χ2v) is 5.11. The largest absolute Gasteiger partial charge is 0.360 e. The van der Waals surface area contributed by atoms with Gasteiger partial charge in [0.25, 0.3) is 5.91 Å². The number of carbonyl (C=O) groups excluding carboxylic acids is 1. The number of amides is 1. The monoisotopic (exact) mass is 310 g/mol. The number of nitrogens with one attached hydrogen (secondary N) is 1. The highest BCUT2D eigenvalue weighted by Gasteiger charge is 2.23. The molecule has 0 saturated carbocycles. The number of aryl methyl sites for hydroxylation is 1. The SMILES string of the molecule is Cc1onc(-c2ccccc2F)c1C(=O)NCc1ccccc1. The van der Waals surface area contributed by atoms with Crippen molar-refractivity contribution in [1.82, 2.24) is 10.5 Å². The van der Waals surface area contributed by atoms with Gasteiger partial charge >= 0.3 is 0 Å². The van der Waals surface area contributed by atoms with Crippen LogP contribution in [0.2, 0.25) is 0 Å². The van der Waals surface area contributed by atoms with E-state index in [2.05, 4.69) is 10.5 Å². The zero-order chi connectivity index (χ0) is 16.2. The van der Waals surface area contributed by atoms with E-state index in [9.17, 15) is 9.18 Å². The van der Waals surface area contributed by atoms with E-state index in [0.29, 0.717) is 12.3 Å². The van der Waals surface area contributed by atoms with Crippen molar-refractivity contribution in [3.8, 4) is 11.3 Å². The smallest absolute Gasteiger partial charge is 0.257 e. The van der Waals surface area contributed by atoms with Gasteiger partial charge in [-0.3, -0.25) is 4.79 Å². The van der Waals surface area contributed by atoms with Crippen LogP contribution >= 0.6 is 0 Å². The van der Waals surface area contributed by atoms with Crippen LogP contribution in [0.4, 0.5) is 4.39 Å². The Kier molecular flexibility index (Phi) is 4.19. The second kappa shape index (κ2) is 6.44. The van der Waals surface area contributed by atoms with Gasteiger partial charge in [0.05, 0.1) is 0 Å². The Balaban J connectivity index is 1.87. The summed E-state index contributed by atoms with van der Waals surface area (Å²) in [6, 6.07) is 15.7. The maximum atomic E-state index is 14.0. The lowest BCUT2D eigenvalue weighted by Crippen LogP contribution is -2.23. The molecule has 1 heterocycles. The second-order valence-electron chi connectivity index (χ2n) is 5.11. The Bertz CT molecular complexity index is 828. The average Bonchev–Trinajstić information content (AvgIpc) is 2.95. The van der Waals surface area contributed by atoms with Crippen LogP contribution in [0.5, 0.6) is 0 Å². The molecule has 116 valence electrons. The number of halogens is 1. The minimum Gasteiger partial charge on any atom is -0.360 e. The highest BCUT2D eigenvalue weighted by atomic mass is 19.1. The van der Waals surface area contributed by atoms with Gasteiger partial charge in [0.2, 0.25) is 0 Å². The van der Waals surface area contributed by atoms with Gasteiger partial charge in [-0.15, -0.1) is 0 Å². The van der Waals surface area contributed by atoms with E-state index >= 15 is 0 Å². The minimum absolute atomic E-state index is 0.214. The Morgan fingerprint density at radius 2 is 1.83 bits per heavy atom. The van der Waals surface area contributed by atoms with Crippen LogP contribution in [-0.4, -0.2) is 11.1 Å². The maximum absolute atomic E-state index is 14.0. The Hall–Kier alpha value is -2.95. The van der Waals surface area contributed by atoms with E-state index < -0.39 is 5.82 Å². The molecule has 3 aromatic rings. The quantitative estimate of drug-likeness (QED) is 0.799. The van der Waals surface area contributed by atoms with Crippen LogP contribution in [-0.2, 0) is 6.54 Å². The van der Waals surface area contributed by atoms with Gasteiger partial charge in [-0.1, -0.05) is 47.6 Å². The molecule has 3 rings (SSSR count). The summed E-state index contributed by atoms with van der Waals surface area (Å²) in [6.07, 6.45) is 0. The van der Waals surface area contributed by atoms with Crippen LogP contribution in [0.3, 0.4) is 0 Å². The topological polar surface area (TPSA) is 55.1 Å². The van der Waals surface area contributed by atoms with E-state index in [1.165, 1.54) is 6.07 Å². The van der Waals surface area contributed by atoms with Gasteiger partial charge in [0.15, 0.2) is 0 Å². The minimum atomic E-state index is -0.446. The number of benzene rings is 2. The van der Waals surface area contributed by atoms with E-state index in [-0.39, 0.29) is 22.7 Å². The molecular weight excluding hydrogens is 295 g/mol. The first kappa shape index (κ1) is 15.0. The van der Waals surface area contributed by atoms with Gasteiger partial charge in [0, 0.05) is 12.1 Å². The number of hydrogen-bond acceptors (Lipinski definition) is 3. The summed E-state index contributed by atoms with van der Waals surface area (Å²) in [5.41, 5.74) is 1.69. The van der Waals surface area contributed by atoms with Crippen LogP contribution in [0.15, 0.2) is 59.1 Å². The molecule has 0 atom stereocenters. The summed E-state index contributed by atoms with van der Waals surface area (Å²) < 4.78 is 19.1. The molecule has 4 nitrogen and oxygen atoms in total. The molecule has 0 radical (unpaired) electrons. The highest BCUT2D eigenvalue weighted by Crippen LogP contribution is 2.27. The van der Waals surface area contributed by atoms with E-state index in [0.717, 1.165) is 5.56 Å². The Morgan fingerprint density at radius 3 is 2.57 bits per heavy atom. The molecule has 5 heteroatoms. The van der Waals surface area contributed by atoms with Crippen LogP contribution in [0.1, 0.15) is 21.7 Å². The van der Waals surface area contributed by atoms with Crippen LogP contribution in [0.25, 0.3) is 11.3 Å². The number of aromatic nitrogens is 1. The summed E-state index contributed by atoms with van der Waals surface area (Å²) in [7, 11) is 0. The fraction of sp³-hybridized carbons (Fsp3) is 0.111. The number of rotatable bonds is 4. The van der Waals surface area contributed by atoms with Gasteiger partial charge in [-0.05, 0) is 24.6 Å². The summed E-state index contributed by atoms with van der Waals surface area (Å²) >= 11 is 0. The van der Waals surface area contributed by atoms with Crippen molar-refractivity contribution in [2.24, 2.45) is 0 Å². The summed E-state index contributed by atoms with van der Waals surface area (Å²) in [5.74, 6) is -0.433. The van der Waals surface area contributed by atoms with Crippen molar-refractivity contribution in [3.05, 3.63) is 77.3 Å². The molecule has 0 aliphatic rings. The van der Waals surface area contributed by atoms with Gasteiger partial charge in [-0.25, -0.2) is 4.39 Å². The Morgan fingerprint density at radius 1 is 1.13 bits per heavy atom. The molecule has 1 N–H and O–H groups in total. The lowest BCUT2D eigenvalue weighted by molar-refractivity contribution is 0.0950. The van der Waals surface area contributed by atoms with Crippen LogP contribution < -0.4 is 5.32 Å². The molecule has 0 aliphatic heterocycles. The lowest BCUT2D eigenvalue weighted by atomic mass is 10.0. The fourth-order valence-electron chi connectivity index (χ4n) is 2.34. The van der Waals surface area contributed by atoms with Crippen LogP contribution in [0, 0.1) is 12.7 Å². The molecule has 0 fully saturated rings. The molecule has 0 unspecified atom stereocenters. The average molecular weight is 310 g/mol. The number of nitrogens with zero attached hydrogens (tertiary/aromatic N) is 1. The van der Waals surface area contributed by atoms with Gasteiger partial charge < -0.3 is 9.84 Å². The van der Waals surface area contributed by atoms with E-state index in [1.807, 2.05) is 30.3 Å². The molecule has 0 saturated heterocycles. The zero-order valence-electron chi connectivity index (χ0n) is 12.5.